The molecule has 0 atom stereocenters. The van der Waals surface area contributed by atoms with E-state index < -0.39 is 0 Å². The molecule has 0 aliphatic carbocycles. The maximum absolute atomic E-state index is 12.4. The van der Waals surface area contributed by atoms with Gasteiger partial charge in [-0.05, 0) is 52.2 Å². The summed E-state index contributed by atoms with van der Waals surface area (Å²) in [7, 11) is 0. The number of carbonyl (C=O) groups excluding carboxylic acids is 1. The highest BCUT2D eigenvalue weighted by atomic mass is 16.2. The van der Waals surface area contributed by atoms with Crippen molar-refractivity contribution in [3.05, 3.63) is 0 Å². The third-order valence-electron chi connectivity index (χ3n) is 3.55. The third kappa shape index (κ3) is 3.08. The summed E-state index contributed by atoms with van der Waals surface area (Å²) in [4.78, 5) is 17.4. The van der Waals surface area contributed by atoms with Crippen LogP contribution in [0.15, 0.2) is 0 Å². The van der Waals surface area contributed by atoms with Gasteiger partial charge in [0.05, 0.1) is 0 Å². The second-order valence-electron chi connectivity index (χ2n) is 5.80. The van der Waals surface area contributed by atoms with E-state index in [1.807, 2.05) is 27.7 Å². The lowest BCUT2D eigenvalue weighted by atomic mass is 10.1. The van der Waals surface area contributed by atoms with Gasteiger partial charge in [-0.3, -0.25) is 0 Å². The summed E-state index contributed by atoms with van der Waals surface area (Å²) in [5.41, 5.74) is 0. The number of anilines is 1. The molecule has 20 heavy (non-hydrogen) atoms. The molecule has 112 valence electrons. The highest BCUT2D eigenvalue weighted by Crippen LogP contribution is 2.14. The van der Waals surface area contributed by atoms with Crippen LogP contribution in [-0.2, 0) is 0 Å². The van der Waals surface area contributed by atoms with E-state index in [1.165, 1.54) is 6.42 Å². The summed E-state index contributed by atoms with van der Waals surface area (Å²) in [6.45, 7) is 9.83. The Morgan fingerprint density at radius 3 is 2.25 bits per heavy atom. The predicted molar refractivity (Wildman–Crippen MR) is 76.8 cm³/mol. The first-order valence-corrected chi connectivity index (χ1v) is 7.38. The van der Waals surface area contributed by atoms with Crippen molar-refractivity contribution in [2.75, 3.05) is 18.0 Å². The largest absolute Gasteiger partial charge is 0.364 e. The number of piperidine rings is 1. The van der Waals surface area contributed by atoms with Gasteiger partial charge in [0, 0.05) is 25.2 Å². The highest BCUT2D eigenvalue weighted by molar-refractivity contribution is 5.75. The summed E-state index contributed by atoms with van der Waals surface area (Å²) in [6, 6.07) is -0.00960. The van der Waals surface area contributed by atoms with E-state index >= 15 is 0 Å². The van der Waals surface area contributed by atoms with Crippen LogP contribution >= 0.6 is 0 Å². The molecule has 0 bridgehead atoms. The second kappa shape index (κ2) is 6.19. The fourth-order valence-electron chi connectivity index (χ4n) is 2.65. The van der Waals surface area contributed by atoms with E-state index in [9.17, 15) is 4.79 Å². The van der Waals surface area contributed by atoms with E-state index in [0.29, 0.717) is 5.95 Å². The Balaban J connectivity index is 2.12. The van der Waals surface area contributed by atoms with Crippen molar-refractivity contribution in [2.24, 2.45) is 0 Å². The molecule has 1 amide bonds. The topological polar surface area (TPSA) is 67.2 Å². The Labute approximate surface area is 119 Å². The van der Waals surface area contributed by atoms with Crippen LogP contribution in [0.1, 0.15) is 47.0 Å². The number of tetrazole rings is 1. The van der Waals surface area contributed by atoms with Gasteiger partial charge in [0.25, 0.3) is 5.95 Å². The minimum atomic E-state index is -0.217. The molecule has 7 heteroatoms. The van der Waals surface area contributed by atoms with E-state index in [1.54, 1.807) is 4.90 Å². The fraction of sp³-hybridized carbons (Fsp3) is 0.846. The molecule has 1 aromatic heterocycles. The fourth-order valence-corrected chi connectivity index (χ4v) is 2.65. The quantitative estimate of drug-likeness (QED) is 0.844. The van der Waals surface area contributed by atoms with Crippen LogP contribution in [0.5, 0.6) is 0 Å². The van der Waals surface area contributed by atoms with Crippen molar-refractivity contribution < 1.29 is 4.79 Å². The van der Waals surface area contributed by atoms with Gasteiger partial charge in [0.2, 0.25) is 0 Å². The number of aromatic nitrogens is 4. The highest BCUT2D eigenvalue weighted by Gasteiger charge is 2.25. The Hall–Kier alpha value is -1.66. The van der Waals surface area contributed by atoms with Crippen LogP contribution in [0, 0.1) is 0 Å². The van der Waals surface area contributed by atoms with Crippen LogP contribution in [0.25, 0.3) is 0 Å². The molecule has 2 rings (SSSR count). The summed E-state index contributed by atoms with van der Waals surface area (Å²) in [6.07, 6.45) is 3.54. The van der Waals surface area contributed by atoms with Gasteiger partial charge in [0.15, 0.2) is 0 Å². The minimum absolute atomic E-state index is 0.104. The average Bonchev–Trinajstić information content (AvgIpc) is 2.88. The molecule has 7 nitrogen and oxygen atoms in total. The smallest absolute Gasteiger partial charge is 0.338 e. The molecule has 0 spiro atoms. The average molecular weight is 280 g/mol. The van der Waals surface area contributed by atoms with Gasteiger partial charge in [-0.1, -0.05) is 9.90 Å². The molecule has 2 heterocycles. The monoisotopic (exact) mass is 280 g/mol. The summed E-state index contributed by atoms with van der Waals surface area (Å²) < 4.78 is 0. The van der Waals surface area contributed by atoms with Gasteiger partial charge < -0.3 is 9.80 Å². The van der Waals surface area contributed by atoms with Crippen molar-refractivity contribution in [2.45, 2.75) is 59.0 Å². The number of hydrogen-bond acceptors (Lipinski definition) is 5. The molecule has 1 aliphatic heterocycles. The number of amides is 1. The zero-order valence-electron chi connectivity index (χ0n) is 12.8. The minimum Gasteiger partial charge on any atom is -0.338 e. The first-order valence-electron chi connectivity index (χ1n) is 7.38. The van der Waals surface area contributed by atoms with E-state index in [0.717, 1.165) is 30.7 Å². The lowest BCUT2D eigenvalue weighted by Gasteiger charge is -2.29. The zero-order chi connectivity index (χ0) is 14.7. The maximum Gasteiger partial charge on any atom is 0.364 e. The van der Waals surface area contributed by atoms with Gasteiger partial charge in [-0.25, -0.2) is 4.79 Å². The zero-order valence-corrected chi connectivity index (χ0v) is 12.8. The third-order valence-corrected chi connectivity index (χ3v) is 3.55. The maximum atomic E-state index is 12.4. The second-order valence-corrected chi connectivity index (χ2v) is 5.80. The summed E-state index contributed by atoms with van der Waals surface area (Å²) in [5.74, 6) is 0.561. The van der Waals surface area contributed by atoms with E-state index in [-0.39, 0.29) is 18.1 Å². The lowest BCUT2D eigenvalue weighted by Crippen LogP contribution is -2.45. The standard InChI is InChI=1S/C13H24N6O/c1-10(2)18(11(3)4)13(20)19-15-12(14-16-19)17-8-6-5-7-9-17/h10-11H,5-9H2,1-4H3. The number of hydrogen-bond donors (Lipinski definition) is 0. The number of carbonyl (C=O) groups is 1. The molecule has 1 saturated heterocycles. The van der Waals surface area contributed by atoms with Gasteiger partial charge in [-0.2, -0.15) is 0 Å². The lowest BCUT2D eigenvalue weighted by molar-refractivity contribution is 0.159. The van der Waals surface area contributed by atoms with Crippen molar-refractivity contribution >= 4 is 12.0 Å². The Morgan fingerprint density at radius 1 is 1.10 bits per heavy atom. The van der Waals surface area contributed by atoms with Crippen LogP contribution in [-0.4, -0.2) is 56.3 Å². The summed E-state index contributed by atoms with van der Waals surface area (Å²) in [5, 5.41) is 12.2. The van der Waals surface area contributed by atoms with Crippen LogP contribution < -0.4 is 4.90 Å². The first kappa shape index (κ1) is 14.7. The van der Waals surface area contributed by atoms with Crippen molar-refractivity contribution in [3.8, 4) is 0 Å². The Kier molecular flexibility index (Phi) is 4.57. The first-order chi connectivity index (χ1) is 9.50. The molecule has 0 aromatic carbocycles. The van der Waals surface area contributed by atoms with Crippen molar-refractivity contribution in [1.29, 1.82) is 0 Å². The molecule has 0 unspecified atom stereocenters. The van der Waals surface area contributed by atoms with E-state index in [2.05, 4.69) is 20.3 Å². The molecule has 0 saturated carbocycles. The van der Waals surface area contributed by atoms with Crippen LogP contribution in [0.2, 0.25) is 0 Å². The molecule has 1 aliphatic rings. The van der Waals surface area contributed by atoms with Crippen LogP contribution in [0.3, 0.4) is 0 Å². The number of rotatable bonds is 3. The normalized spacial score (nSPS) is 16.0. The van der Waals surface area contributed by atoms with Crippen molar-refractivity contribution in [3.63, 3.8) is 0 Å². The van der Waals surface area contributed by atoms with Gasteiger partial charge in [-0.15, -0.1) is 5.10 Å². The van der Waals surface area contributed by atoms with Gasteiger partial charge in [0.1, 0.15) is 0 Å². The Morgan fingerprint density at radius 2 is 1.70 bits per heavy atom. The van der Waals surface area contributed by atoms with Crippen molar-refractivity contribution in [1.82, 2.24) is 25.1 Å². The predicted octanol–water partition coefficient (Wildman–Crippen LogP) is 1.75. The molecule has 1 fully saturated rings. The SMILES string of the molecule is CC(C)N(C(=O)n1nnc(N2CCCCC2)n1)C(C)C. The summed E-state index contributed by atoms with van der Waals surface area (Å²) >= 11 is 0. The van der Waals surface area contributed by atoms with E-state index in [4.69, 9.17) is 0 Å². The van der Waals surface area contributed by atoms with Crippen LogP contribution in [0.4, 0.5) is 10.7 Å². The molecular weight excluding hydrogens is 256 g/mol. The Bertz CT molecular complexity index is 441. The molecule has 0 N–H and O–H groups in total. The van der Waals surface area contributed by atoms with Gasteiger partial charge >= 0.3 is 6.03 Å². The molecule has 1 aromatic rings. The number of nitrogens with zero attached hydrogens (tertiary/aromatic N) is 6. The molecular formula is C13H24N6O. The molecule has 0 radical (unpaired) electrons.